The average molecular weight is 441 g/mol. The lowest BCUT2D eigenvalue weighted by Crippen LogP contribution is -2.13. The standard InChI is InChI=1S/C24H20FN7O/c1-12-11-31-19-5-6-32-22(19)21(18(9-26)30-32)14-7-20(23(27)28-10-14)33-13(2)17-8-15(25)3-4-16(17)24(31)29-12/h3-4,7-8,10-11,13,19H,5-6H2,1-2H3,(H2,27,28)/t13-,19?/m1/s1. The molecule has 3 aromatic heterocycles. The van der Waals surface area contributed by atoms with Crippen molar-refractivity contribution in [3.63, 3.8) is 0 Å². The topological polar surface area (TPSA) is 108 Å². The van der Waals surface area contributed by atoms with Gasteiger partial charge in [0.1, 0.15) is 23.8 Å². The van der Waals surface area contributed by atoms with Crippen LogP contribution in [0.1, 0.15) is 48.1 Å². The number of fused-ring (bicyclic) bond motifs is 7. The molecule has 8 nitrogen and oxygen atoms in total. The van der Waals surface area contributed by atoms with Crippen LogP contribution in [0.5, 0.6) is 5.75 Å². The van der Waals surface area contributed by atoms with E-state index < -0.39 is 6.10 Å². The highest BCUT2D eigenvalue weighted by Crippen LogP contribution is 2.44. The van der Waals surface area contributed by atoms with E-state index in [-0.39, 0.29) is 17.7 Å². The van der Waals surface area contributed by atoms with Crippen molar-refractivity contribution < 1.29 is 9.13 Å². The third kappa shape index (κ3) is 2.84. The van der Waals surface area contributed by atoms with Gasteiger partial charge in [-0.15, -0.1) is 0 Å². The van der Waals surface area contributed by atoms with Gasteiger partial charge in [0.2, 0.25) is 0 Å². The summed E-state index contributed by atoms with van der Waals surface area (Å²) in [5.41, 5.74) is 11.1. The molecule has 2 atom stereocenters. The fourth-order valence-corrected chi connectivity index (χ4v) is 4.97. The van der Waals surface area contributed by atoms with Crippen LogP contribution < -0.4 is 10.5 Å². The van der Waals surface area contributed by atoms with Crippen molar-refractivity contribution in [3.05, 3.63) is 65.1 Å². The Hall–Kier alpha value is -4.19. The SMILES string of the molecule is Cc1cn2c(n1)-c1ccc(F)cc1[C@@H](C)Oc1cc(cnc1N)-c1c(C#N)nn3c1C2CC3. The molecule has 164 valence electrons. The number of anilines is 1. The van der Waals surface area contributed by atoms with E-state index in [1.54, 1.807) is 18.3 Å². The predicted octanol–water partition coefficient (Wildman–Crippen LogP) is 4.16. The van der Waals surface area contributed by atoms with Crippen LogP contribution in [0.2, 0.25) is 0 Å². The van der Waals surface area contributed by atoms with Gasteiger partial charge in [0.05, 0.1) is 17.4 Å². The Bertz CT molecular complexity index is 1480. The zero-order chi connectivity index (χ0) is 22.9. The molecule has 2 N–H and O–H groups in total. The number of halogens is 1. The van der Waals surface area contributed by atoms with Crippen molar-refractivity contribution in [3.8, 4) is 34.3 Å². The number of benzene rings is 1. The molecule has 1 unspecified atom stereocenters. The van der Waals surface area contributed by atoms with Crippen LogP contribution in [-0.4, -0.2) is 24.3 Å². The van der Waals surface area contributed by atoms with Gasteiger partial charge < -0.3 is 15.0 Å². The van der Waals surface area contributed by atoms with E-state index in [1.807, 2.05) is 24.7 Å². The fourth-order valence-electron chi connectivity index (χ4n) is 4.97. The summed E-state index contributed by atoms with van der Waals surface area (Å²) >= 11 is 0. The smallest absolute Gasteiger partial charge is 0.170 e. The molecule has 9 heteroatoms. The number of nitrogen functional groups attached to an aromatic ring is 1. The Morgan fingerprint density at radius 1 is 1.30 bits per heavy atom. The summed E-state index contributed by atoms with van der Waals surface area (Å²) in [5, 5.41) is 14.4. The fraction of sp³-hybridized carbons (Fsp3) is 0.250. The molecular weight excluding hydrogens is 421 g/mol. The minimum Gasteiger partial charge on any atom is -0.482 e. The second-order valence-corrected chi connectivity index (χ2v) is 8.46. The summed E-state index contributed by atoms with van der Waals surface area (Å²) in [4.78, 5) is 9.13. The summed E-state index contributed by atoms with van der Waals surface area (Å²) in [5.74, 6) is 0.953. The quantitative estimate of drug-likeness (QED) is 0.439. The molecular formula is C24H20FN7O. The monoisotopic (exact) mass is 441 g/mol. The first-order valence-corrected chi connectivity index (χ1v) is 10.7. The first-order chi connectivity index (χ1) is 15.9. The lowest BCUT2D eigenvalue weighted by molar-refractivity contribution is 0.227. The van der Waals surface area contributed by atoms with E-state index in [4.69, 9.17) is 15.5 Å². The van der Waals surface area contributed by atoms with Crippen molar-refractivity contribution in [2.45, 2.75) is 39.0 Å². The maximum absolute atomic E-state index is 14.3. The molecule has 5 heterocycles. The van der Waals surface area contributed by atoms with Crippen LogP contribution in [0.25, 0.3) is 22.5 Å². The van der Waals surface area contributed by atoms with E-state index in [9.17, 15) is 9.65 Å². The molecule has 0 fully saturated rings. The molecule has 2 aliphatic rings. The second-order valence-electron chi connectivity index (χ2n) is 8.46. The van der Waals surface area contributed by atoms with Gasteiger partial charge in [0, 0.05) is 41.2 Å². The minimum atomic E-state index is -0.527. The molecule has 2 aliphatic heterocycles. The van der Waals surface area contributed by atoms with Gasteiger partial charge in [-0.25, -0.2) is 14.4 Å². The molecule has 6 rings (SSSR count). The molecule has 0 spiro atoms. The van der Waals surface area contributed by atoms with E-state index in [0.29, 0.717) is 29.1 Å². The van der Waals surface area contributed by atoms with Crippen LogP contribution in [0.4, 0.5) is 10.2 Å². The van der Waals surface area contributed by atoms with Gasteiger partial charge in [-0.1, -0.05) is 0 Å². The van der Waals surface area contributed by atoms with Gasteiger partial charge in [0.25, 0.3) is 0 Å². The zero-order valence-electron chi connectivity index (χ0n) is 18.1. The summed E-state index contributed by atoms with van der Waals surface area (Å²) in [6.07, 6.45) is 3.90. The summed E-state index contributed by atoms with van der Waals surface area (Å²) < 4.78 is 24.5. The Kier molecular flexibility index (Phi) is 4.08. The van der Waals surface area contributed by atoms with E-state index >= 15 is 0 Å². The maximum atomic E-state index is 14.3. The van der Waals surface area contributed by atoms with E-state index in [2.05, 4.69) is 20.7 Å². The van der Waals surface area contributed by atoms with Crippen LogP contribution in [-0.2, 0) is 6.54 Å². The molecule has 0 aliphatic carbocycles. The van der Waals surface area contributed by atoms with Gasteiger partial charge in [-0.05, 0) is 44.5 Å². The number of hydrogen-bond acceptors (Lipinski definition) is 6. The number of aromatic nitrogens is 5. The lowest BCUT2D eigenvalue weighted by atomic mass is 9.98. The number of aryl methyl sites for hydroxylation is 2. The first kappa shape index (κ1) is 19.5. The highest BCUT2D eigenvalue weighted by molar-refractivity contribution is 5.75. The van der Waals surface area contributed by atoms with Crippen molar-refractivity contribution in [1.29, 1.82) is 5.26 Å². The zero-order valence-corrected chi connectivity index (χ0v) is 18.1. The summed E-state index contributed by atoms with van der Waals surface area (Å²) in [6, 6.07) is 8.56. The number of hydrogen-bond donors (Lipinski definition) is 1. The predicted molar refractivity (Wildman–Crippen MR) is 119 cm³/mol. The number of rotatable bonds is 0. The van der Waals surface area contributed by atoms with Gasteiger partial charge >= 0.3 is 0 Å². The van der Waals surface area contributed by atoms with Gasteiger partial charge in [0.15, 0.2) is 17.3 Å². The normalized spacial score (nSPS) is 18.2. The largest absolute Gasteiger partial charge is 0.482 e. The van der Waals surface area contributed by atoms with Crippen molar-refractivity contribution in [2.75, 3.05) is 5.73 Å². The average Bonchev–Trinajstić information content (AvgIpc) is 3.47. The number of nitrogens with zero attached hydrogens (tertiary/aromatic N) is 6. The number of ether oxygens (including phenoxy) is 1. The van der Waals surface area contributed by atoms with Crippen LogP contribution in [0.15, 0.2) is 36.7 Å². The molecule has 0 saturated carbocycles. The summed E-state index contributed by atoms with van der Waals surface area (Å²) in [7, 11) is 0. The highest BCUT2D eigenvalue weighted by atomic mass is 19.1. The Balaban J connectivity index is 1.71. The van der Waals surface area contributed by atoms with E-state index in [1.165, 1.54) is 12.1 Å². The lowest BCUT2D eigenvalue weighted by Gasteiger charge is -2.23. The van der Waals surface area contributed by atoms with Crippen molar-refractivity contribution >= 4 is 5.82 Å². The minimum absolute atomic E-state index is 0.0969. The van der Waals surface area contributed by atoms with E-state index in [0.717, 1.165) is 34.8 Å². The van der Waals surface area contributed by atoms with Crippen LogP contribution >= 0.6 is 0 Å². The molecule has 1 aromatic carbocycles. The number of pyridine rings is 1. The van der Waals surface area contributed by atoms with Gasteiger partial charge in [-0.2, -0.15) is 10.4 Å². The molecule has 0 saturated heterocycles. The molecule has 4 aromatic rings. The van der Waals surface area contributed by atoms with Crippen molar-refractivity contribution in [2.24, 2.45) is 0 Å². The Labute approximate surface area is 189 Å². The molecule has 2 bridgehead atoms. The highest BCUT2D eigenvalue weighted by Gasteiger charge is 2.35. The van der Waals surface area contributed by atoms with Crippen LogP contribution in [0.3, 0.4) is 0 Å². The second kappa shape index (κ2) is 6.90. The molecule has 0 radical (unpaired) electrons. The summed E-state index contributed by atoms with van der Waals surface area (Å²) in [6.45, 7) is 4.45. The maximum Gasteiger partial charge on any atom is 0.170 e. The number of nitrogens with two attached hydrogens (primary N) is 1. The van der Waals surface area contributed by atoms with Crippen molar-refractivity contribution in [1.82, 2.24) is 24.3 Å². The Morgan fingerprint density at radius 3 is 2.97 bits per heavy atom. The Morgan fingerprint density at radius 2 is 2.15 bits per heavy atom. The van der Waals surface area contributed by atoms with Crippen LogP contribution in [0, 0.1) is 24.1 Å². The number of nitriles is 1. The van der Waals surface area contributed by atoms with Gasteiger partial charge in [-0.3, -0.25) is 4.68 Å². The number of imidazole rings is 1. The third-order valence-electron chi connectivity index (χ3n) is 6.38. The third-order valence-corrected chi connectivity index (χ3v) is 6.38. The first-order valence-electron chi connectivity index (χ1n) is 10.7. The molecule has 0 amide bonds. The molecule has 33 heavy (non-hydrogen) atoms.